The van der Waals surface area contributed by atoms with Crippen molar-refractivity contribution in [2.45, 2.75) is 53.0 Å². The van der Waals surface area contributed by atoms with E-state index in [4.69, 9.17) is 4.74 Å². The van der Waals surface area contributed by atoms with Gasteiger partial charge in [-0.15, -0.1) is 0 Å². The van der Waals surface area contributed by atoms with Crippen LogP contribution in [0.4, 0.5) is 0 Å². The number of hydrogen-bond acceptors (Lipinski definition) is 8. The third-order valence-electron chi connectivity index (χ3n) is 5.72. The van der Waals surface area contributed by atoms with E-state index in [1.165, 1.54) is 27.7 Å². The summed E-state index contributed by atoms with van der Waals surface area (Å²) in [4.78, 5) is 50.5. The van der Waals surface area contributed by atoms with Gasteiger partial charge >= 0.3 is 0 Å². The normalized spacial score (nSPS) is 20.9. The fraction of sp³-hybridized carbons (Fsp3) is 0.391. The number of phenolic OH excluding ortho intramolecular Hbond substituents is 2. The highest BCUT2D eigenvalue weighted by molar-refractivity contribution is 6.31. The third-order valence-corrected chi connectivity index (χ3v) is 5.72. The number of aromatic hydroxyl groups is 2. The average Bonchev–Trinajstić information content (AvgIpc) is 2.97. The van der Waals surface area contributed by atoms with Crippen molar-refractivity contribution < 1.29 is 34.1 Å². The minimum absolute atomic E-state index is 0.0181. The molecule has 1 aromatic rings. The largest absolute Gasteiger partial charge is 0.507 e. The number of fused-ring (bicyclic) bond motifs is 3. The van der Waals surface area contributed by atoms with Crippen LogP contribution in [0, 0.1) is 6.92 Å². The molecule has 170 valence electrons. The van der Waals surface area contributed by atoms with Crippen LogP contribution in [0.3, 0.4) is 0 Å². The number of benzene rings is 1. The first-order valence-electron chi connectivity index (χ1n) is 10.1. The molecule has 0 spiro atoms. The zero-order chi connectivity index (χ0) is 24.1. The fourth-order valence-electron chi connectivity index (χ4n) is 4.04. The van der Waals surface area contributed by atoms with Gasteiger partial charge in [0.15, 0.2) is 17.3 Å². The summed E-state index contributed by atoms with van der Waals surface area (Å²) in [6.07, 6.45) is 1.13. The second-order valence-corrected chi connectivity index (χ2v) is 8.46. The number of amides is 1. The monoisotopic (exact) mass is 442 g/mol. The fourth-order valence-corrected chi connectivity index (χ4v) is 4.04. The summed E-state index contributed by atoms with van der Waals surface area (Å²) in [5.41, 5.74) is -1.70. The van der Waals surface area contributed by atoms with Crippen LogP contribution in [0.2, 0.25) is 0 Å². The summed E-state index contributed by atoms with van der Waals surface area (Å²) in [6, 6.07) is -0.0650. The number of hydrogen-bond donors (Lipinski definition) is 4. The summed E-state index contributed by atoms with van der Waals surface area (Å²) in [5, 5.41) is 26.7. The van der Waals surface area contributed by atoms with Crippen LogP contribution in [-0.4, -0.2) is 46.1 Å². The number of phenols is 2. The SMILES string of the molecule is CC(=O)c1c(O)c(C)c(O)c2c1OC1=CC(=O)C(=C(C)NCC(=O)NC(C)C)C(=O)[C@@]12C. The van der Waals surface area contributed by atoms with Gasteiger partial charge in [0.05, 0.1) is 17.7 Å². The van der Waals surface area contributed by atoms with Gasteiger partial charge in [0.2, 0.25) is 5.91 Å². The number of allylic oxidation sites excluding steroid dienone is 4. The maximum atomic E-state index is 13.6. The number of nitrogens with one attached hydrogen (secondary N) is 2. The predicted molar refractivity (Wildman–Crippen MR) is 115 cm³/mol. The van der Waals surface area contributed by atoms with Crippen molar-refractivity contribution >= 4 is 23.3 Å². The van der Waals surface area contributed by atoms with Crippen LogP contribution in [0.15, 0.2) is 23.1 Å². The van der Waals surface area contributed by atoms with Crippen LogP contribution in [0.5, 0.6) is 17.2 Å². The Kier molecular flexibility index (Phi) is 5.63. The third kappa shape index (κ3) is 3.34. The van der Waals surface area contributed by atoms with Crippen LogP contribution < -0.4 is 15.4 Å². The Morgan fingerprint density at radius 3 is 2.34 bits per heavy atom. The summed E-state index contributed by atoms with van der Waals surface area (Å²) in [7, 11) is 0. The summed E-state index contributed by atoms with van der Waals surface area (Å²) < 4.78 is 5.71. The second-order valence-electron chi connectivity index (χ2n) is 8.46. The Morgan fingerprint density at radius 2 is 1.78 bits per heavy atom. The van der Waals surface area contributed by atoms with Crippen molar-refractivity contribution in [3.8, 4) is 17.2 Å². The molecule has 1 heterocycles. The topological polar surface area (TPSA) is 142 Å². The Bertz CT molecular complexity index is 1140. The zero-order valence-corrected chi connectivity index (χ0v) is 18.8. The molecule has 0 aromatic heterocycles. The predicted octanol–water partition coefficient (Wildman–Crippen LogP) is 1.68. The molecule has 32 heavy (non-hydrogen) atoms. The lowest BCUT2D eigenvalue weighted by molar-refractivity contribution is -0.124. The number of rotatable bonds is 5. The Morgan fingerprint density at radius 1 is 1.16 bits per heavy atom. The van der Waals surface area contributed by atoms with E-state index in [0.717, 1.165) is 6.08 Å². The minimum atomic E-state index is -1.59. The molecule has 9 nitrogen and oxygen atoms in total. The van der Waals surface area contributed by atoms with Gasteiger partial charge in [-0.05, 0) is 41.5 Å². The van der Waals surface area contributed by atoms with E-state index in [1.807, 2.05) is 13.8 Å². The molecule has 0 unspecified atom stereocenters. The standard InChI is InChI=1S/C23H26N2O7/c1-9(2)25-15(28)8-24-11(4)16-13(27)7-14-23(6,22(16)31)18-20(30)10(3)19(29)17(12(5)26)21(18)32-14/h7,9,24,29-30H,8H2,1-6H3,(H,25,28)/t23-/m0/s1. The molecule has 1 atom stereocenters. The first-order valence-corrected chi connectivity index (χ1v) is 10.1. The number of ether oxygens (including phenoxy) is 1. The average molecular weight is 442 g/mol. The summed E-state index contributed by atoms with van der Waals surface area (Å²) >= 11 is 0. The molecular weight excluding hydrogens is 416 g/mol. The highest BCUT2D eigenvalue weighted by atomic mass is 16.5. The van der Waals surface area contributed by atoms with Crippen LogP contribution in [0.25, 0.3) is 0 Å². The number of ketones is 3. The lowest BCUT2D eigenvalue weighted by Gasteiger charge is -2.29. The summed E-state index contributed by atoms with van der Waals surface area (Å²) in [5.74, 6) is -3.12. The molecule has 2 aliphatic rings. The van der Waals surface area contributed by atoms with E-state index < -0.39 is 34.3 Å². The molecule has 1 aliphatic heterocycles. The quantitative estimate of drug-likeness (QED) is 0.307. The lowest BCUT2D eigenvalue weighted by atomic mass is 9.70. The number of carbonyl (C=O) groups is 4. The molecule has 9 heteroatoms. The van der Waals surface area contributed by atoms with Crippen LogP contribution in [0.1, 0.15) is 56.1 Å². The van der Waals surface area contributed by atoms with E-state index in [2.05, 4.69) is 10.6 Å². The lowest BCUT2D eigenvalue weighted by Crippen LogP contribution is -2.42. The van der Waals surface area contributed by atoms with E-state index >= 15 is 0 Å². The van der Waals surface area contributed by atoms with Gasteiger partial charge in [0.25, 0.3) is 0 Å². The molecule has 0 saturated heterocycles. The maximum absolute atomic E-state index is 13.6. The van der Waals surface area contributed by atoms with Crippen LogP contribution in [-0.2, 0) is 19.8 Å². The zero-order valence-electron chi connectivity index (χ0n) is 18.8. The van der Waals surface area contributed by atoms with Gasteiger partial charge in [-0.2, -0.15) is 0 Å². The van der Waals surface area contributed by atoms with Gasteiger partial charge in [-0.3, -0.25) is 19.2 Å². The molecule has 4 N–H and O–H groups in total. The highest BCUT2D eigenvalue weighted by Gasteiger charge is 2.56. The molecular formula is C23H26N2O7. The number of carbonyl (C=O) groups excluding carboxylic acids is 4. The van der Waals surface area contributed by atoms with Crippen molar-refractivity contribution in [3.05, 3.63) is 39.8 Å². The van der Waals surface area contributed by atoms with Crippen molar-refractivity contribution in [2.24, 2.45) is 0 Å². The van der Waals surface area contributed by atoms with E-state index in [9.17, 15) is 29.4 Å². The molecule has 3 rings (SSSR count). The molecule has 0 saturated carbocycles. The van der Waals surface area contributed by atoms with E-state index in [-0.39, 0.29) is 58.0 Å². The van der Waals surface area contributed by atoms with Crippen molar-refractivity contribution in [1.82, 2.24) is 10.6 Å². The maximum Gasteiger partial charge on any atom is 0.239 e. The van der Waals surface area contributed by atoms with Gasteiger partial charge in [-0.1, -0.05) is 0 Å². The van der Waals surface area contributed by atoms with E-state index in [0.29, 0.717) is 0 Å². The highest BCUT2D eigenvalue weighted by Crippen LogP contribution is 2.57. The number of Topliss-reactive ketones (excluding diaryl/α,β-unsaturated/α-hetero) is 2. The smallest absolute Gasteiger partial charge is 0.239 e. The minimum Gasteiger partial charge on any atom is -0.507 e. The van der Waals surface area contributed by atoms with Crippen LogP contribution >= 0.6 is 0 Å². The molecule has 0 bridgehead atoms. The van der Waals surface area contributed by atoms with Crippen molar-refractivity contribution in [3.63, 3.8) is 0 Å². The molecule has 0 fully saturated rings. The first kappa shape index (κ1) is 23.1. The van der Waals surface area contributed by atoms with Gasteiger partial charge in [0.1, 0.15) is 34.0 Å². The van der Waals surface area contributed by atoms with E-state index in [1.54, 1.807) is 0 Å². The Hall–Kier alpha value is -3.62. The Labute approximate surface area is 185 Å². The molecule has 1 aliphatic carbocycles. The van der Waals surface area contributed by atoms with Gasteiger partial charge < -0.3 is 25.6 Å². The summed E-state index contributed by atoms with van der Waals surface area (Å²) in [6.45, 7) is 9.11. The molecule has 1 aromatic carbocycles. The molecule has 1 amide bonds. The van der Waals surface area contributed by atoms with Crippen molar-refractivity contribution in [1.29, 1.82) is 0 Å². The Balaban J connectivity index is 2.13. The molecule has 0 radical (unpaired) electrons. The van der Waals surface area contributed by atoms with Crippen molar-refractivity contribution in [2.75, 3.05) is 6.54 Å². The first-order chi connectivity index (χ1) is 14.8. The van der Waals surface area contributed by atoms with Gasteiger partial charge in [-0.25, -0.2) is 0 Å². The second kappa shape index (κ2) is 7.81. The van der Waals surface area contributed by atoms with Gasteiger partial charge in [0, 0.05) is 23.4 Å².